The smallest absolute Gasteiger partial charge is 0.237 e. The van der Waals surface area contributed by atoms with Crippen LogP contribution in [0.2, 0.25) is 5.02 Å². The van der Waals surface area contributed by atoms with E-state index in [1.807, 2.05) is 54.4 Å². The van der Waals surface area contributed by atoms with E-state index in [0.29, 0.717) is 12.6 Å². The van der Waals surface area contributed by atoms with Crippen LogP contribution in [0.1, 0.15) is 36.9 Å². The van der Waals surface area contributed by atoms with Crippen molar-refractivity contribution in [2.24, 2.45) is 0 Å². The Bertz CT molecular complexity index is 698. The lowest BCUT2D eigenvalue weighted by Crippen LogP contribution is -2.40. The van der Waals surface area contributed by atoms with E-state index in [1.54, 1.807) is 0 Å². The number of carbonyl (C=O) groups excluding carboxylic acids is 1. The maximum atomic E-state index is 12.8. The molecule has 4 heteroatoms. The van der Waals surface area contributed by atoms with Gasteiger partial charge in [0.15, 0.2) is 0 Å². The predicted octanol–water partition coefficient (Wildman–Crippen LogP) is 4.52. The van der Waals surface area contributed by atoms with Gasteiger partial charge in [0.2, 0.25) is 5.91 Å². The van der Waals surface area contributed by atoms with Gasteiger partial charge in [0.05, 0.1) is 12.6 Å². The lowest BCUT2D eigenvalue weighted by atomic mass is 10.1. The van der Waals surface area contributed by atoms with Crippen molar-refractivity contribution in [1.29, 1.82) is 0 Å². The lowest BCUT2D eigenvalue weighted by Gasteiger charge is -2.29. The molecule has 0 N–H and O–H groups in total. The molecule has 0 radical (unpaired) electrons. The van der Waals surface area contributed by atoms with E-state index >= 15 is 0 Å². The minimum Gasteiger partial charge on any atom is -0.338 e. The molecule has 0 aliphatic heterocycles. The molecule has 1 atom stereocenters. The minimum atomic E-state index is 0.0743. The second-order valence-electron chi connectivity index (χ2n) is 6.85. The van der Waals surface area contributed by atoms with Crippen molar-refractivity contribution >= 4 is 17.5 Å². The Morgan fingerprint density at radius 1 is 1.12 bits per heavy atom. The van der Waals surface area contributed by atoms with Crippen molar-refractivity contribution in [3.63, 3.8) is 0 Å². The highest BCUT2D eigenvalue weighted by atomic mass is 35.5. The molecule has 3 rings (SSSR count). The second kappa shape index (κ2) is 8.03. The summed E-state index contributed by atoms with van der Waals surface area (Å²) in [6.07, 6.45) is 2.36. The predicted molar refractivity (Wildman–Crippen MR) is 103 cm³/mol. The van der Waals surface area contributed by atoms with Crippen molar-refractivity contribution in [3.8, 4) is 0 Å². The number of halogens is 1. The fourth-order valence-electron chi connectivity index (χ4n) is 3.03. The van der Waals surface area contributed by atoms with Gasteiger partial charge in [-0.1, -0.05) is 54.1 Å². The molecular weight excluding hydrogens is 332 g/mol. The highest BCUT2D eigenvalue weighted by Gasteiger charge is 2.31. The van der Waals surface area contributed by atoms with Gasteiger partial charge >= 0.3 is 0 Å². The first-order chi connectivity index (χ1) is 12.0. The quantitative estimate of drug-likeness (QED) is 0.728. The summed E-state index contributed by atoms with van der Waals surface area (Å²) in [6, 6.07) is 18.7. The lowest BCUT2D eigenvalue weighted by molar-refractivity contribution is -0.133. The SMILES string of the molecule is CC(c1ccccc1)N(C)C(=O)CN(Cc1ccc(Cl)cc1)C1CC1. The van der Waals surface area contributed by atoms with Gasteiger partial charge in [-0.25, -0.2) is 0 Å². The van der Waals surface area contributed by atoms with Gasteiger partial charge in [-0.2, -0.15) is 0 Å². The molecule has 0 heterocycles. The van der Waals surface area contributed by atoms with Crippen LogP contribution in [0.5, 0.6) is 0 Å². The Morgan fingerprint density at radius 3 is 2.36 bits per heavy atom. The third kappa shape index (κ3) is 4.83. The summed E-state index contributed by atoms with van der Waals surface area (Å²) >= 11 is 5.97. The van der Waals surface area contributed by atoms with Gasteiger partial charge in [0.25, 0.3) is 0 Å². The Morgan fingerprint density at radius 2 is 1.76 bits per heavy atom. The molecule has 2 aromatic rings. The van der Waals surface area contributed by atoms with Crippen LogP contribution < -0.4 is 0 Å². The van der Waals surface area contributed by atoms with Crippen LogP contribution >= 0.6 is 11.6 Å². The summed E-state index contributed by atoms with van der Waals surface area (Å²) < 4.78 is 0. The van der Waals surface area contributed by atoms with Crippen molar-refractivity contribution in [2.45, 2.75) is 38.4 Å². The third-order valence-electron chi connectivity index (χ3n) is 4.96. The summed E-state index contributed by atoms with van der Waals surface area (Å²) in [5.74, 6) is 0.164. The van der Waals surface area contributed by atoms with E-state index in [4.69, 9.17) is 11.6 Å². The average molecular weight is 357 g/mol. The van der Waals surface area contributed by atoms with Crippen molar-refractivity contribution in [1.82, 2.24) is 9.80 Å². The molecule has 3 nitrogen and oxygen atoms in total. The molecule has 1 amide bonds. The number of amides is 1. The van der Waals surface area contributed by atoms with Crippen LogP contribution in [0, 0.1) is 0 Å². The topological polar surface area (TPSA) is 23.6 Å². The molecule has 0 bridgehead atoms. The summed E-state index contributed by atoms with van der Waals surface area (Å²) in [4.78, 5) is 17.0. The normalized spacial score (nSPS) is 15.2. The fourth-order valence-corrected chi connectivity index (χ4v) is 3.16. The Kier molecular flexibility index (Phi) is 5.77. The maximum Gasteiger partial charge on any atom is 0.237 e. The molecule has 2 aromatic carbocycles. The van der Waals surface area contributed by atoms with Crippen molar-refractivity contribution in [2.75, 3.05) is 13.6 Å². The zero-order valence-electron chi connectivity index (χ0n) is 14.9. The summed E-state index contributed by atoms with van der Waals surface area (Å²) in [5.41, 5.74) is 2.36. The van der Waals surface area contributed by atoms with E-state index in [9.17, 15) is 4.79 Å². The number of rotatable bonds is 7. The third-order valence-corrected chi connectivity index (χ3v) is 5.21. The van der Waals surface area contributed by atoms with Crippen molar-refractivity contribution in [3.05, 3.63) is 70.7 Å². The standard InChI is InChI=1S/C21H25ClN2O/c1-16(18-6-4-3-5-7-18)23(2)21(25)15-24(20-12-13-20)14-17-8-10-19(22)11-9-17/h3-11,16,20H,12-15H2,1-2H3. The average Bonchev–Trinajstić information content (AvgIpc) is 3.47. The van der Waals surface area contributed by atoms with E-state index in [-0.39, 0.29) is 11.9 Å². The Hall–Kier alpha value is -1.84. The number of hydrogen-bond donors (Lipinski definition) is 0. The molecule has 1 saturated carbocycles. The second-order valence-corrected chi connectivity index (χ2v) is 7.29. The highest BCUT2D eigenvalue weighted by Crippen LogP contribution is 2.29. The van der Waals surface area contributed by atoms with E-state index < -0.39 is 0 Å². The van der Waals surface area contributed by atoms with Gasteiger partial charge in [-0.05, 0) is 43.0 Å². The number of likely N-dealkylation sites (N-methyl/N-ethyl adjacent to an activating group) is 1. The first-order valence-corrected chi connectivity index (χ1v) is 9.21. The van der Waals surface area contributed by atoms with E-state index in [2.05, 4.69) is 24.0 Å². The number of hydrogen-bond acceptors (Lipinski definition) is 2. The largest absolute Gasteiger partial charge is 0.338 e. The summed E-state index contributed by atoms with van der Waals surface area (Å²) in [5, 5.41) is 0.745. The molecule has 132 valence electrons. The number of nitrogens with zero attached hydrogens (tertiary/aromatic N) is 2. The highest BCUT2D eigenvalue weighted by molar-refractivity contribution is 6.30. The molecule has 1 fully saturated rings. The number of carbonyl (C=O) groups is 1. The molecule has 0 saturated heterocycles. The van der Waals surface area contributed by atoms with Crippen LogP contribution in [-0.4, -0.2) is 35.3 Å². The molecule has 1 aliphatic carbocycles. The Labute approximate surface area is 155 Å². The summed E-state index contributed by atoms with van der Waals surface area (Å²) in [7, 11) is 1.90. The van der Waals surface area contributed by atoms with Crippen LogP contribution in [0.3, 0.4) is 0 Å². The van der Waals surface area contributed by atoms with Crippen LogP contribution in [0.4, 0.5) is 0 Å². The first kappa shape index (κ1) is 18.0. The van der Waals surface area contributed by atoms with Crippen LogP contribution in [0.25, 0.3) is 0 Å². The first-order valence-electron chi connectivity index (χ1n) is 8.83. The zero-order valence-corrected chi connectivity index (χ0v) is 15.6. The van der Waals surface area contributed by atoms with E-state index in [1.165, 1.54) is 18.4 Å². The van der Waals surface area contributed by atoms with Gasteiger partial charge in [0.1, 0.15) is 0 Å². The van der Waals surface area contributed by atoms with Gasteiger partial charge in [-0.15, -0.1) is 0 Å². The van der Waals surface area contributed by atoms with Crippen LogP contribution in [0.15, 0.2) is 54.6 Å². The molecule has 1 aliphatic rings. The molecule has 0 aromatic heterocycles. The Balaban J connectivity index is 1.63. The van der Waals surface area contributed by atoms with Gasteiger partial charge in [0, 0.05) is 24.7 Å². The molecule has 25 heavy (non-hydrogen) atoms. The molecule has 1 unspecified atom stereocenters. The number of benzene rings is 2. The fraction of sp³-hybridized carbons (Fsp3) is 0.381. The van der Waals surface area contributed by atoms with Gasteiger partial charge < -0.3 is 4.90 Å². The van der Waals surface area contributed by atoms with Crippen LogP contribution in [-0.2, 0) is 11.3 Å². The maximum absolute atomic E-state index is 12.8. The minimum absolute atomic E-state index is 0.0743. The molecular formula is C21H25ClN2O. The molecule has 0 spiro atoms. The van der Waals surface area contributed by atoms with Crippen molar-refractivity contribution < 1.29 is 4.79 Å². The summed E-state index contributed by atoms with van der Waals surface area (Å²) in [6.45, 7) is 3.33. The monoisotopic (exact) mass is 356 g/mol. The van der Waals surface area contributed by atoms with Gasteiger partial charge in [-0.3, -0.25) is 9.69 Å². The zero-order chi connectivity index (χ0) is 17.8. The van der Waals surface area contributed by atoms with E-state index in [0.717, 1.165) is 17.1 Å².